The number of methoxy groups -OCH3 is 1. The van der Waals surface area contributed by atoms with Crippen molar-refractivity contribution in [2.75, 3.05) is 24.4 Å². The van der Waals surface area contributed by atoms with Crippen LogP contribution in [0.5, 0.6) is 0 Å². The standard InChI is InChI=1S/C26H24N4O6S/c1-16(31)28-19-8-4-17(5-9-19)14-22-24(33)30(12-3-13-36-2)25(37-22)21(15-27)23(32)29-20-10-6-18(7-11-20)26(34)35/h4-11,14H,3,12-13H2,1-2H3,(H,28,31)(H,29,32)(H,34,35)/p-1/b22-14+,25-21-. The SMILES string of the molecule is COCCCn1c(=O)/c(=C\c2ccc(NC(C)=O)cc2)s/c1=C(/C#N)C(=O)Nc1ccc(C(=O)[O-])cc1. The third-order valence-electron chi connectivity index (χ3n) is 5.10. The Morgan fingerprint density at radius 2 is 1.70 bits per heavy atom. The zero-order valence-corrected chi connectivity index (χ0v) is 20.9. The number of anilines is 2. The number of rotatable bonds is 9. The molecule has 2 aromatic carbocycles. The van der Waals surface area contributed by atoms with E-state index in [1.165, 1.54) is 42.9 Å². The number of carboxylic acid groups (broad SMARTS) is 1. The monoisotopic (exact) mass is 519 g/mol. The molecule has 0 saturated carbocycles. The highest BCUT2D eigenvalue weighted by Gasteiger charge is 2.16. The molecule has 3 aromatic rings. The number of ether oxygens (including phenoxy) is 1. The Kier molecular flexibility index (Phi) is 9.10. The van der Waals surface area contributed by atoms with Crippen molar-refractivity contribution in [2.24, 2.45) is 0 Å². The van der Waals surface area contributed by atoms with Gasteiger partial charge in [0.15, 0.2) is 5.57 Å². The first-order valence-corrected chi connectivity index (χ1v) is 11.9. The molecule has 0 aliphatic carbocycles. The minimum Gasteiger partial charge on any atom is -0.545 e. The number of thiazole rings is 1. The van der Waals surface area contributed by atoms with E-state index in [4.69, 9.17) is 4.74 Å². The van der Waals surface area contributed by atoms with E-state index >= 15 is 0 Å². The molecular formula is C26H23N4O6S-. The summed E-state index contributed by atoms with van der Waals surface area (Å²) in [6, 6.07) is 14.1. The van der Waals surface area contributed by atoms with Gasteiger partial charge in [0.25, 0.3) is 11.5 Å². The first-order chi connectivity index (χ1) is 17.7. The van der Waals surface area contributed by atoms with Crippen LogP contribution in [0, 0.1) is 11.3 Å². The second-order valence-electron chi connectivity index (χ2n) is 7.83. The van der Waals surface area contributed by atoms with Crippen LogP contribution in [0.15, 0.2) is 53.3 Å². The molecule has 0 radical (unpaired) electrons. The van der Waals surface area contributed by atoms with E-state index < -0.39 is 11.9 Å². The molecule has 37 heavy (non-hydrogen) atoms. The largest absolute Gasteiger partial charge is 0.545 e. The van der Waals surface area contributed by atoms with Crippen LogP contribution in [0.25, 0.3) is 11.6 Å². The van der Waals surface area contributed by atoms with E-state index in [1.807, 2.05) is 6.07 Å². The number of carbonyl (C=O) groups is 3. The van der Waals surface area contributed by atoms with Crippen molar-refractivity contribution in [2.45, 2.75) is 19.9 Å². The van der Waals surface area contributed by atoms with Gasteiger partial charge in [0.2, 0.25) is 5.91 Å². The molecule has 0 spiro atoms. The average Bonchev–Trinajstić information content (AvgIpc) is 3.15. The third-order valence-corrected chi connectivity index (χ3v) is 6.23. The van der Waals surface area contributed by atoms with Gasteiger partial charge in [-0.25, -0.2) is 0 Å². The van der Waals surface area contributed by atoms with E-state index in [0.717, 1.165) is 11.3 Å². The molecule has 0 unspecified atom stereocenters. The zero-order chi connectivity index (χ0) is 26.9. The predicted molar refractivity (Wildman–Crippen MR) is 137 cm³/mol. The van der Waals surface area contributed by atoms with Gasteiger partial charge in [0.1, 0.15) is 10.7 Å². The van der Waals surface area contributed by atoms with Crippen LogP contribution in [0.2, 0.25) is 0 Å². The van der Waals surface area contributed by atoms with Gasteiger partial charge in [-0.3, -0.25) is 19.0 Å². The van der Waals surface area contributed by atoms with Gasteiger partial charge in [0, 0.05) is 38.6 Å². The van der Waals surface area contributed by atoms with Gasteiger partial charge in [-0.1, -0.05) is 24.3 Å². The smallest absolute Gasteiger partial charge is 0.269 e. The summed E-state index contributed by atoms with van der Waals surface area (Å²) >= 11 is 1.01. The molecule has 1 heterocycles. The summed E-state index contributed by atoms with van der Waals surface area (Å²) in [6.07, 6.45) is 2.13. The van der Waals surface area contributed by atoms with Crippen LogP contribution in [0.4, 0.5) is 11.4 Å². The molecule has 0 aliphatic rings. The van der Waals surface area contributed by atoms with E-state index in [-0.39, 0.29) is 39.5 Å². The van der Waals surface area contributed by atoms with Crippen LogP contribution >= 0.6 is 11.3 Å². The second kappa shape index (κ2) is 12.4. The summed E-state index contributed by atoms with van der Waals surface area (Å²) in [5, 5.41) is 26.0. The molecule has 10 nitrogen and oxygen atoms in total. The van der Waals surface area contributed by atoms with Gasteiger partial charge < -0.3 is 25.3 Å². The van der Waals surface area contributed by atoms with Crippen molar-refractivity contribution in [3.63, 3.8) is 0 Å². The highest BCUT2D eigenvalue weighted by Crippen LogP contribution is 2.11. The molecule has 190 valence electrons. The normalized spacial score (nSPS) is 12.0. The number of amides is 2. The number of carbonyl (C=O) groups excluding carboxylic acids is 3. The number of benzene rings is 2. The molecule has 0 atom stereocenters. The molecule has 0 aliphatic heterocycles. The van der Waals surface area contributed by atoms with Gasteiger partial charge >= 0.3 is 0 Å². The lowest BCUT2D eigenvalue weighted by atomic mass is 10.2. The molecule has 0 bridgehead atoms. The lowest BCUT2D eigenvalue weighted by molar-refractivity contribution is -0.255. The van der Waals surface area contributed by atoms with E-state index in [1.54, 1.807) is 30.3 Å². The van der Waals surface area contributed by atoms with E-state index in [2.05, 4.69) is 10.6 Å². The lowest BCUT2D eigenvalue weighted by Crippen LogP contribution is -2.34. The zero-order valence-electron chi connectivity index (χ0n) is 20.1. The Morgan fingerprint density at radius 3 is 2.27 bits per heavy atom. The van der Waals surface area contributed by atoms with Crippen molar-refractivity contribution in [1.29, 1.82) is 5.26 Å². The van der Waals surface area contributed by atoms with Gasteiger partial charge in [-0.15, -0.1) is 11.3 Å². The Bertz CT molecular complexity index is 1530. The van der Waals surface area contributed by atoms with E-state index in [0.29, 0.717) is 28.8 Å². The molecule has 11 heteroatoms. The number of nitrogens with zero attached hydrogens (tertiary/aromatic N) is 2. The summed E-state index contributed by atoms with van der Waals surface area (Å²) in [6.45, 7) is 2.01. The summed E-state index contributed by atoms with van der Waals surface area (Å²) in [5.41, 5.74) is 0.902. The van der Waals surface area contributed by atoms with Crippen molar-refractivity contribution in [3.8, 4) is 6.07 Å². The maximum absolute atomic E-state index is 13.2. The molecular weight excluding hydrogens is 496 g/mol. The first kappa shape index (κ1) is 27.1. The highest BCUT2D eigenvalue weighted by atomic mass is 32.1. The minimum atomic E-state index is -1.35. The average molecular weight is 520 g/mol. The lowest BCUT2D eigenvalue weighted by Gasteiger charge is -2.07. The Morgan fingerprint density at radius 1 is 1.08 bits per heavy atom. The molecule has 0 fully saturated rings. The van der Waals surface area contributed by atoms with Crippen molar-refractivity contribution >= 4 is 52.1 Å². The molecule has 2 amide bonds. The quantitative estimate of drug-likeness (QED) is 0.388. The number of aromatic carboxylic acids is 1. The Balaban J connectivity index is 2.05. The number of nitriles is 1. The fourth-order valence-electron chi connectivity index (χ4n) is 3.37. The fourth-order valence-corrected chi connectivity index (χ4v) is 4.50. The Labute approximate surface area is 215 Å². The third kappa shape index (κ3) is 7.00. The van der Waals surface area contributed by atoms with Crippen molar-refractivity contribution in [1.82, 2.24) is 4.57 Å². The molecule has 3 rings (SSSR count). The van der Waals surface area contributed by atoms with Crippen LogP contribution in [-0.2, 0) is 20.9 Å². The number of nitrogens with one attached hydrogen (secondary N) is 2. The van der Waals surface area contributed by atoms with Crippen LogP contribution < -0.4 is 30.5 Å². The van der Waals surface area contributed by atoms with Crippen molar-refractivity contribution < 1.29 is 24.2 Å². The number of hydrogen-bond acceptors (Lipinski definition) is 8. The highest BCUT2D eigenvalue weighted by molar-refractivity contribution is 7.07. The summed E-state index contributed by atoms with van der Waals surface area (Å²) in [5.74, 6) is -2.29. The van der Waals surface area contributed by atoms with Crippen LogP contribution in [-0.4, -0.2) is 36.1 Å². The minimum absolute atomic E-state index is 0.0574. The molecule has 2 N–H and O–H groups in total. The number of aromatic nitrogens is 1. The predicted octanol–water partition coefficient (Wildman–Crippen LogP) is 0.410. The maximum Gasteiger partial charge on any atom is 0.269 e. The van der Waals surface area contributed by atoms with Crippen LogP contribution in [0.3, 0.4) is 0 Å². The summed E-state index contributed by atoms with van der Waals surface area (Å²) < 4.78 is 6.96. The van der Waals surface area contributed by atoms with Crippen LogP contribution in [0.1, 0.15) is 29.3 Å². The first-order valence-electron chi connectivity index (χ1n) is 11.1. The number of hydrogen-bond donors (Lipinski definition) is 2. The Hall–Kier alpha value is -4.53. The van der Waals surface area contributed by atoms with Crippen molar-refractivity contribution in [3.05, 3.63) is 79.2 Å². The molecule has 0 saturated heterocycles. The fraction of sp³-hybridized carbons (Fsp3) is 0.192. The number of carboxylic acids is 1. The summed E-state index contributed by atoms with van der Waals surface area (Å²) in [7, 11) is 1.53. The second-order valence-corrected chi connectivity index (χ2v) is 8.86. The topological polar surface area (TPSA) is 153 Å². The molecule has 1 aromatic heterocycles. The van der Waals surface area contributed by atoms with Gasteiger partial charge in [0.05, 0.1) is 10.5 Å². The summed E-state index contributed by atoms with van der Waals surface area (Å²) in [4.78, 5) is 48.4. The maximum atomic E-state index is 13.2. The van der Waals surface area contributed by atoms with Gasteiger partial charge in [-0.05, 0) is 47.9 Å². The van der Waals surface area contributed by atoms with E-state index in [9.17, 15) is 29.5 Å². The van der Waals surface area contributed by atoms with Gasteiger partial charge in [-0.2, -0.15) is 5.26 Å².